The molecule has 1 saturated heterocycles. The van der Waals surface area contributed by atoms with Crippen molar-refractivity contribution in [2.24, 2.45) is 0 Å². The van der Waals surface area contributed by atoms with Crippen LogP contribution >= 0.6 is 0 Å². The van der Waals surface area contributed by atoms with Crippen molar-refractivity contribution in [3.63, 3.8) is 0 Å². The molecule has 4 nitrogen and oxygen atoms in total. The molecule has 17 heavy (non-hydrogen) atoms. The Kier molecular flexibility index (Phi) is 3.64. The summed E-state index contributed by atoms with van der Waals surface area (Å²) in [4.78, 5) is 14.1. The number of nitrogens with one attached hydrogen (secondary N) is 2. The molecular weight excluding hydrogens is 214 g/mol. The van der Waals surface area contributed by atoms with E-state index in [9.17, 15) is 4.79 Å². The fourth-order valence-electron chi connectivity index (χ4n) is 2.28. The monoisotopic (exact) mass is 233 g/mol. The molecule has 4 heteroatoms. The van der Waals surface area contributed by atoms with Crippen LogP contribution in [0.4, 0.5) is 5.69 Å². The van der Waals surface area contributed by atoms with E-state index in [1.165, 1.54) is 5.56 Å². The van der Waals surface area contributed by atoms with E-state index in [-0.39, 0.29) is 11.9 Å². The smallest absolute Gasteiger partial charge is 0.244 e. The quantitative estimate of drug-likeness (QED) is 0.800. The van der Waals surface area contributed by atoms with Crippen LogP contribution in [0.15, 0.2) is 24.3 Å². The molecule has 0 aromatic heterocycles. The number of likely N-dealkylation sites (N-methyl/N-ethyl adjacent to an activating group) is 1. The van der Waals surface area contributed by atoms with E-state index < -0.39 is 0 Å². The van der Waals surface area contributed by atoms with Gasteiger partial charge in [0, 0.05) is 25.3 Å². The minimum Gasteiger partial charge on any atom is -0.357 e. The second-order valence-electron chi connectivity index (χ2n) is 4.34. The van der Waals surface area contributed by atoms with Crippen LogP contribution in [0.25, 0.3) is 0 Å². The molecule has 0 spiro atoms. The highest BCUT2D eigenvalue weighted by atomic mass is 16.2. The highest BCUT2D eigenvalue weighted by Gasteiger charge is 2.29. The van der Waals surface area contributed by atoms with Crippen molar-refractivity contribution in [2.45, 2.75) is 13.0 Å². The lowest BCUT2D eigenvalue weighted by Gasteiger charge is -2.37. The van der Waals surface area contributed by atoms with Crippen LogP contribution in [-0.2, 0) is 4.79 Å². The molecule has 0 bridgehead atoms. The Balaban J connectivity index is 2.28. The Morgan fingerprint density at radius 1 is 1.47 bits per heavy atom. The lowest BCUT2D eigenvalue weighted by molar-refractivity contribution is -0.123. The molecule has 92 valence electrons. The van der Waals surface area contributed by atoms with E-state index in [4.69, 9.17) is 0 Å². The Morgan fingerprint density at radius 3 is 2.94 bits per heavy atom. The maximum atomic E-state index is 11.9. The molecule has 2 N–H and O–H groups in total. The highest BCUT2D eigenvalue weighted by molar-refractivity contribution is 5.87. The predicted octanol–water partition coefficient (Wildman–Crippen LogP) is 0.519. The van der Waals surface area contributed by atoms with Crippen molar-refractivity contribution < 1.29 is 4.79 Å². The second kappa shape index (κ2) is 5.19. The number of para-hydroxylation sites is 1. The molecule has 0 radical (unpaired) electrons. The van der Waals surface area contributed by atoms with E-state index in [0.717, 1.165) is 12.2 Å². The van der Waals surface area contributed by atoms with Gasteiger partial charge in [-0.15, -0.1) is 0 Å². The third-order valence-corrected chi connectivity index (χ3v) is 3.15. The second-order valence-corrected chi connectivity index (χ2v) is 4.34. The molecule has 1 aromatic carbocycles. The molecule has 1 aromatic rings. The average Bonchev–Trinajstić information content (AvgIpc) is 2.33. The highest BCUT2D eigenvalue weighted by Crippen LogP contribution is 2.22. The first kappa shape index (κ1) is 11.9. The van der Waals surface area contributed by atoms with Crippen molar-refractivity contribution >= 4 is 11.6 Å². The number of carbonyl (C=O) groups excluding carboxylic acids is 1. The van der Waals surface area contributed by atoms with E-state index in [1.807, 2.05) is 19.2 Å². The van der Waals surface area contributed by atoms with Gasteiger partial charge in [0.2, 0.25) is 5.91 Å². The van der Waals surface area contributed by atoms with Gasteiger partial charge in [0.05, 0.1) is 0 Å². The summed E-state index contributed by atoms with van der Waals surface area (Å²) in [6.07, 6.45) is 0. The Bertz CT molecular complexity index is 405. The standard InChI is InChI=1S/C13H19N3O/c1-10-5-3-4-6-11(10)16-8-7-15-13(17)12(16)9-14-2/h3-6,12,14H,7-9H2,1-2H3,(H,15,17). The molecule has 1 atom stereocenters. The number of piperazine rings is 1. The van der Waals surface area contributed by atoms with Crippen LogP contribution in [0.3, 0.4) is 0 Å². The van der Waals surface area contributed by atoms with Gasteiger partial charge in [0.1, 0.15) is 6.04 Å². The van der Waals surface area contributed by atoms with Crippen molar-refractivity contribution in [1.29, 1.82) is 0 Å². The first-order valence-corrected chi connectivity index (χ1v) is 5.98. The minimum absolute atomic E-state index is 0.105. The summed E-state index contributed by atoms with van der Waals surface area (Å²) in [5.74, 6) is 0.105. The summed E-state index contributed by atoms with van der Waals surface area (Å²) < 4.78 is 0. The molecule has 1 fully saturated rings. The van der Waals surface area contributed by atoms with Crippen LogP contribution < -0.4 is 15.5 Å². The molecule has 0 aliphatic carbocycles. The van der Waals surface area contributed by atoms with E-state index in [2.05, 4.69) is 34.6 Å². The first-order chi connectivity index (χ1) is 8.24. The largest absolute Gasteiger partial charge is 0.357 e. The van der Waals surface area contributed by atoms with Crippen LogP contribution in [0.1, 0.15) is 5.56 Å². The zero-order valence-corrected chi connectivity index (χ0v) is 10.4. The number of anilines is 1. The third kappa shape index (κ3) is 2.42. The summed E-state index contributed by atoms with van der Waals surface area (Å²) in [5.41, 5.74) is 2.37. The lowest BCUT2D eigenvalue weighted by atomic mass is 10.1. The van der Waals surface area contributed by atoms with Gasteiger partial charge in [0.15, 0.2) is 0 Å². The molecule has 2 rings (SSSR count). The fraction of sp³-hybridized carbons (Fsp3) is 0.462. The molecule has 1 aliphatic rings. The summed E-state index contributed by atoms with van der Waals surface area (Å²) >= 11 is 0. The fourth-order valence-corrected chi connectivity index (χ4v) is 2.28. The Morgan fingerprint density at radius 2 is 2.24 bits per heavy atom. The van der Waals surface area contributed by atoms with Crippen molar-refractivity contribution in [2.75, 3.05) is 31.6 Å². The summed E-state index contributed by atoms with van der Waals surface area (Å²) in [5, 5.41) is 6.00. The van der Waals surface area contributed by atoms with E-state index >= 15 is 0 Å². The molecule has 1 unspecified atom stereocenters. The first-order valence-electron chi connectivity index (χ1n) is 5.98. The predicted molar refractivity (Wildman–Crippen MR) is 69.2 cm³/mol. The topological polar surface area (TPSA) is 44.4 Å². The van der Waals surface area contributed by atoms with Gasteiger partial charge in [-0.25, -0.2) is 0 Å². The van der Waals surface area contributed by atoms with E-state index in [0.29, 0.717) is 13.1 Å². The van der Waals surface area contributed by atoms with Gasteiger partial charge in [-0.1, -0.05) is 18.2 Å². The maximum Gasteiger partial charge on any atom is 0.244 e. The number of hydrogen-bond acceptors (Lipinski definition) is 3. The number of carbonyl (C=O) groups is 1. The number of nitrogens with zero attached hydrogens (tertiary/aromatic N) is 1. The molecule has 1 heterocycles. The van der Waals surface area contributed by atoms with Crippen LogP contribution in [0, 0.1) is 6.92 Å². The average molecular weight is 233 g/mol. The zero-order chi connectivity index (χ0) is 12.3. The number of benzene rings is 1. The van der Waals surface area contributed by atoms with Crippen LogP contribution in [-0.4, -0.2) is 38.6 Å². The number of amides is 1. The Labute approximate surface area is 102 Å². The van der Waals surface area contributed by atoms with Gasteiger partial charge in [-0.05, 0) is 25.6 Å². The minimum atomic E-state index is -0.116. The van der Waals surface area contributed by atoms with Crippen molar-refractivity contribution in [3.05, 3.63) is 29.8 Å². The third-order valence-electron chi connectivity index (χ3n) is 3.15. The van der Waals surface area contributed by atoms with E-state index in [1.54, 1.807) is 0 Å². The summed E-state index contributed by atoms with van der Waals surface area (Å²) in [6.45, 7) is 4.33. The molecule has 1 aliphatic heterocycles. The maximum absolute atomic E-state index is 11.9. The summed E-state index contributed by atoms with van der Waals surface area (Å²) in [6, 6.07) is 8.09. The number of aryl methyl sites for hydroxylation is 1. The van der Waals surface area contributed by atoms with Crippen LogP contribution in [0.5, 0.6) is 0 Å². The zero-order valence-electron chi connectivity index (χ0n) is 10.4. The van der Waals surface area contributed by atoms with Gasteiger partial charge < -0.3 is 15.5 Å². The summed E-state index contributed by atoms with van der Waals surface area (Å²) in [7, 11) is 1.87. The van der Waals surface area contributed by atoms with Gasteiger partial charge in [-0.2, -0.15) is 0 Å². The van der Waals surface area contributed by atoms with Gasteiger partial charge >= 0.3 is 0 Å². The Hall–Kier alpha value is -1.55. The van der Waals surface area contributed by atoms with Gasteiger partial charge in [0.25, 0.3) is 0 Å². The number of hydrogen-bond donors (Lipinski definition) is 2. The van der Waals surface area contributed by atoms with Crippen molar-refractivity contribution in [1.82, 2.24) is 10.6 Å². The number of rotatable bonds is 3. The van der Waals surface area contributed by atoms with Crippen molar-refractivity contribution in [3.8, 4) is 0 Å². The molecule has 1 amide bonds. The normalized spacial score (nSPS) is 20.2. The van der Waals surface area contributed by atoms with Crippen LogP contribution in [0.2, 0.25) is 0 Å². The molecular formula is C13H19N3O. The SMILES string of the molecule is CNCC1C(=O)NCCN1c1ccccc1C. The van der Waals surface area contributed by atoms with Gasteiger partial charge in [-0.3, -0.25) is 4.79 Å². The molecule has 0 saturated carbocycles. The lowest BCUT2D eigenvalue weighted by Crippen LogP contribution is -2.58.